The summed E-state index contributed by atoms with van der Waals surface area (Å²) in [5.41, 5.74) is 8.31. The lowest BCUT2D eigenvalue weighted by Crippen LogP contribution is -2.16. The minimum Gasteiger partial charge on any atom is -0.399 e. The Hall–Kier alpha value is -1.22. The third-order valence-corrected chi connectivity index (χ3v) is 3.81. The van der Waals surface area contributed by atoms with E-state index in [1.807, 2.05) is 25.1 Å². The van der Waals surface area contributed by atoms with Crippen molar-refractivity contribution in [2.45, 2.75) is 39.5 Å². The fourth-order valence-electron chi connectivity index (χ4n) is 2.75. The summed E-state index contributed by atoms with van der Waals surface area (Å²) < 4.78 is 0. The highest BCUT2D eigenvalue weighted by Crippen LogP contribution is 2.32. The number of nitrogen functional groups attached to an aromatic ring is 1. The van der Waals surface area contributed by atoms with Crippen LogP contribution in [0.25, 0.3) is 0 Å². The Morgan fingerprint density at radius 1 is 1.42 bits per heavy atom. The van der Waals surface area contributed by atoms with Crippen molar-refractivity contribution in [1.82, 2.24) is 0 Å². The van der Waals surface area contributed by atoms with Gasteiger partial charge >= 0.3 is 0 Å². The van der Waals surface area contributed by atoms with Crippen LogP contribution in [0.2, 0.25) is 0 Å². The third kappa shape index (κ3) is 4.43. The van der Waals surface area contributed by atoms with Crippen molar-refractivity contribution < 1.29 is 4.79 Å². The van der Waals surface area contributed by atoms with Crippen LogP contribution in [0.5, 0.6) is 0 Å². The van der Waals surface area contributed by atoms with Crippen molar-refractivity contribution >= 4 is 29.7 Å². The van der Waals surface area contributed by atoms with Gasteiger partial charge in [0.1, 0.15) is 0 Å². The molecule has 1 aliphatic carbocycles. The van der Waals surface area contributed by atoms with Crippen LogP contribution in [0.15, 0.2) is 18.2 Å². The summed E-state index contributed by atoms with van der Waals surface area (Å²) in [4.78, 5) is 12.0. The fraction of sp³-hybridized carbons (Fsp3) is 0.533. The number of aryl methyl sites for hydroxylation is 1. The smallest absolute Gasteiger partial charge is 0.224 e. The molecule has 1 saturated carbocycles. The number of hydrogen-bond donors (Lipinski definition) is 2. The van der Waals surface area contributed by atoms with E-state index in [0.717, 1.165) is 17.2 Å². The number of amides is 1. The number of carbonyl (C=O) groups is 1. The molecule has 3 N–H and O–H groups in total. The molecule has 1 aromatic rings. The van der Waals surface area contributed by atoms with Gasteiger partial charge in [-0.2, -0.15) is 0 Å². The van der Waals surface area contributed by atoms with Gasteiger partial charge in [0.05, 0.1) is 0 Å². The van der Waals surface area contributed by atoms with Gasteiger partial charge in [0, 0.05) is 17.8 Å². The largest absolute Gasteiger partial charge is 0.399 e. The predicted octanol–water partition coefficient (Wildman–Crippen LogP) is 3.76. The highest BCUT2D eigenvalue weighted by Gasteiger charge is 2.23. The van der Waals surface area contributed by atoms with E-state index in [9.17, 15) is 4.79 Å². The second-order valence-corrected chi connectivity index (χ2v) is 5.61. The Bertz CT molecular complexity index is 448. The summed E-state index contributed by atoms with van der Waals surface area (Å²) in [5, 5.41) is 2.97. The molecule has 106 valence electrons. The average molecular weight is 283 g/mol. The van der Waals surface area contributed by atoms with Crippen LogP contribution in [0.1, 0.15) is 38.2 Å². The summed E-state index contributed by atoms with van der Waals surface area (Å²) in [6.07, 6.45) is 4.27. The molecule has 0 aliphatic heterocycles. The number of benzene rings is 1. The highest BCUT2D eigenvalue weighted by molar-refractivity contribution is 5.92. The van der Waals surface area contributed by atoms with Gasteiger partial charge in [-0.3, -0.25) is 4.79 Å². The van der Waals surface area contributed by atoms with Gasteiger partial charge in [-0.15, -0.1) is 12.4 Å². The summed E-state index contributed by atoms with van der Waals surface area (Å²) in [7, 11) is 0. The zero-order valence-electron chi connectivity index (χ0n) is 11.6. The van der Waals surface area contributed by atoms with Crippen LogP contribution in [0.4, 0.5) is 11.4 Å². The van der Waals surface area contributed by atoms with Crippen LogP contribution in [0, 0.1) is 18.8 Å². The summed E-state index contributed by atoms with van der Waals surface area (Å²) in [6, 6.07) is 5.61. The van der Waals surface area contributed by atoms with E-state index in [1.54, 1.807) is 0 Å². The summed E-state index contributed by atoms with van der Waals surface area (Å²) in [5.74, 6) is 1.45. The molecule has 3 nitrogen and oxygen atoms in total. The zero-order chi connectivity index (χ0) is 13.1. The number of hydrogen-bond acceptors (Lipinski definition) is 2. The summed E-state index contributed by atoms with van der Waals surface area (Å²) >= 11 is 0. The fourth-order valence-corrected chi connectivity index (χ4v) is 2.75. The molecule has 2 rings (SSSR count). The van der Waals surface area contributed by atoms with E-state index in [1.165, 1.54) is 19.3 Å². The van der Waals surface area contributed by atoms with Crippen LogP contribution in [-0.2, 0) is 4.79 Å². The SMILES string of the molecule is Cc1ccc(N)cc1NC(=O)CC1CCC(C)C1.Cl. The zero-order valence-corrected chi connectivity index (χ0v) is 12.4. The van der Waals surface area contributed by atoms with Crippen LogP contribution < -0.4 is 11.1 Å². The minimum absolute atomic E-state index is 0. The molecule has 0 heterocycles. The van der Waals surface area contributed by atoms with E-state index in [-0.39, 0.29) is 18.3 Å². The molecule has 0 aromatic heterocycles. The first-order valence-corrected chi connectivity index (χ1v) is 6.70. The average Bonchev–Trinajstić information content (AvgIpc) is 2.69. The quantitative estimate of drug-likeness (QED) is 0.829. The Kier molecular flexibility index (Phi) is 5.67. The molecule has 1 amide bonds. The molecule has 1 fully saturated rings. The van der Waals surface area contributed by atoms with E-state index >= 15 is 0 Å². The van der Waals surface area contributed by atoms with Crippen LogP contribution in [-0.4, -0.2) is 5.91 Å². The standard InChI is InChI=1S/C15H22N2O.ClH/c1-10-3-5-12(7-10)8-15(18)17-14-9-13(16)6-4-11(14)2;/h4,6,9-10,12H,3,5,7-8,16H2,1-2H3,(H,17,18);1H. The normalized spacial score (nSPS) is 21.8. The van der Waals surface area contributed by atoms with Gasteiger partial charge < -0.3 is 11.1 Å². The van der Waals surface area contributed by atoms with Gasteiger partial charge in [-0.1, -0.05) is 19.4 Å². The van der Waals surface area contributed by atoms with E-state index < -0.39 is 0 Å². The van der Waals surface area contributed by atoms with Crippen molar-refractivity contribution in [3.8, 4) is 0 Å². The van der Waals surface area contributed by atoms with Crippen molar-refractivity contribution in [3.05, 3.63) is 23.8 Å². The molecule has 1 aromatic carbocycles. The highest BCUT2D eigenvalue weighted by atomic mass is 35.5. The number of anilines is 2. The van der Waals surface area contributed by atoms with Gasteiger partial charge in [-0.25, -0.2) is 0 Å². The van der Waals surface area contributed by atoms with Crippen molar-refractivity contribution in [3.63, 3.8) is 0 Å². The van der Waals surface area contributed by atoms with E-state index in [0.29, 0.717) is 18.0 Å². The Balaban J connectivity index is 0.00000180. The number of nitrogens with two attached hydrogens (primary N) is 1. The second-order valence-electron chi connectivity index (χ2n) is 5.61. The van der Waals surface area contributed by atoms with Crippen LogP contribution in [0.3, 0.4) is 0 Å². The molecule has 0 bridgehead atoms. The lowest BCUT2D eigenvalue weighted by molar-refractivity contribution is -0.117. The topological polar surface area (TPSA) is 55.1 Å². The molecule has 0 radical (unpaired) electrons. The Morgan fingerprint density at radius 3 is 2.79 bits per heavy atom. The summed E-state index contributed by atoms with van der Waals surface area (Å²) in [6.45, 7) is 4.24. The van der Waals surface area contributed by atoms with E-state index in [2.05, 4.69) is 12.2 Å². The number of rotatable bonds is 3. The molecule has 4 heteroatoms. The Labute approximate surface area is 121 Å². The number of nitrogens with one attached hydrogen (secondary N) is 1. The molecule has 1 aliphatic rings. The van der Waals surface area contributed by atoms with Gasteiger partial charge in [0.2, 0.25) is 5.91 Å². The maximum atomic E-state index is 12.0. The number of carbonyl (C=O) groups excluding carboxylic acids is 1. The van der Waals surface area contributed by atoms with Crippen molar-refractivity contribution in [2.75, 3.05) is 11.1 Å². The van der Waals surface area contributed by atoms with Crippen LogP contribution >= 0.6 is 12.4 Å². The second kappa shape index (κ2) is 6.80. The third-order valence-electron chi connectivity index (χ3n) is 3.81. The minimum atomic E-state index is 0. The van der Waals surface area contributed by atoms with Crippen molar-refractivity contribution in [1.29, 1.82) is 0 Å². The maximum Gasteiger partial charge on any atom is 0.224 e. The van der Waals surface area contributed by atoms with Gasteiger partial charge in [0.25, 0.3) is 0 Å². The lowest BCUT2D eigenvalue weighted by atomic mass is 10.0. The molecule has 2 unspecified atom stereocenters. The maximum absolute atomic E-state index is 12.0. The van der Waals surface area contributed by atoms with Gasteiger partial charge in [0.15, 0.2) is 0 Å². The molecule has 0 spiro atoms. The first kappa shape index (κ1) is 15.8. The predicted molar refractivity (Wildman–Crippen MR) is 82.6 cm³/mol. The lowest BCUT2D eigenvalue weighted by Gasteiger charge is -2.12. The monoisotopic (exact) mass is 282 g/mol. The first-order chi connectivity index (χ1) is 8.54. The first-order valence-electron chi connectivity index (χ1n) is 6.70. The molecule has 2 atom stereocenters. The number of halogens is 1. The molecular weight excluding hydrogens is 260 g/mol. The van der Waals surface area contributed by atoms with E-state index in [4.69, 9.17) is 5.73 Å². The van der Waals surface area contributed by atoms with Gasteiger partial charge in [-0.05, 0) is 49.3 Å². The molecular formula is C15H23ClN2O. The molecule has 0 saturated heterocycles. The van der Waals surface area contributed by atoms with Crippen molar-refractivity contribution in [2.24, 2.45) is 11.8 Å². The molecule has 19 heavy (non-hydrogen) atoms. The Morgan fingerprint density at radius 2 is 2.16 bits per heavy atom.